The van der Waals surface area contributed by atoms with Crippen molar-refractivity contribution in [2.45, 2.75) is 39.7 Å². The van der Waals surface area contributed by atoms with Crippen LogP contribution in [0.2, 0.25) is 0 Å². The van der Waals surface area contributed by atoms with Gasteiger partial charge in [-0.25, -0.2) is 0 Å². The van der Waals surface area contributed by atoms with Gasteiger partial charge in [-0.3, -0.25) is 0 Å². The lowest BCUT2D eigenvalue weighted by Crippen LogP contribution is -2.14. The molecule has 1 nitrogen and oxygen atoms in total. The van der Waals surface area contributed by atoms with Crippen LogP contribution >= 0.6 is 27.3 Å². The van der Waals surface area contributed by atoms with Crippen molar-refractivity contribution in [3.63, 3.8) is 0 Å². The maximum absolute atomic E-state index is 3.54. The first-order chi connectivity index (χ1) is 7.20. The average Bonchev–Trinajstić information content (AvgIpc) is 2.57. The van der Waals surface area contributed by atoms with Gasteiger partial charge in [0.25, 0.3) is 0 Å². The first-order valence-corrected chi connectivity index (χ1v) is 7.30. The molecule has 0 spiro atoms. The summed E-state index contributed by atoms with van der Waals surface area (Å²) in [5.74, 6) is 0.844. The second-order valence-electron chi connectivity index (χ2n) is 4.26. The zero-order chi connectivity index (χ0) is 11.1. The topological polar surface area (TPSA) is 12.0 Å². The zero-order valence-corrected chi connectivity index (χ0v) is 12.0. The molecule has 1 rings (SSSR count). The van der Waals surface area contributed by atoms with E-state index >= 15 is 0 Å². The van der Waals surface area contributed by atoms with Gasteiger partial charge in [0.1, 0.15) is 0 Å². The number of hydrogen-bond donors (Lipinski definition) is 1. The molecule has 86 valence electrons. The van der Waals surface area contributed by atoms with Gasteiger partial charge < -0.3 is 5.32 Å². The van der Waals surface area contributed by atoms with E-state index in [1.54, 1.807) is 0 Å². The molecule has 0 aliphatic rings. The smallest absolute Gasteiger partial charge is 0.0327 e. The van der Waals surface area contributed by atoms with Crippen molar-refractivity contribution in [1.82, 2.24) is 5.32 Å². The third-order valence-corrected chi connectivity index (χ3v) is 4.29. The normalized spacial score (nSPS) is 11.2. The van der Waals surface area contributed by atoms with Crippen LogP contribution in [-0.2, 0) is 6.54 Å². The van der Waals surface area contributed by atoms with Crippen LogP contribution in [0.4, 0.5) is 0 Å². The van der Waals surface area contributed by atoms with Gasteiger partial charge >= 0.3 is 0 Å². The van der Waals surface area contributed by atoms with Crippen LogP contribution in [0.3, 0.4) is 0 Å². The van der Waals surface area contributed by atoms with Gasteiger partial charge in [0, 0.05) is 15.9 Å². The fourth-order valence-corrected chi connectivity index (χ4v) is 2.92. The Morgan fingerprint density at radius 2 is 2.20 bits per heavy atom. The van der Waals surface area contributed by atoms with E-state index in [1.165, 1.54) is 28.6 Å². The Hall–Kier alpha value is 0.140. The summed E-state index contributed by atoms with van der Waals surface area (Å²) in [6.45, 7) is 6.71. The Morgan fingerprint density at radius 1 is 1.40 bits per heavy atom. The Balaban J connectivity index is 2.00. The molecule has 1 N–H and O–H groups in total. The fraction of sp³-hybridized carbons (Fsp3) is 0.667. The van der Waals surface area contributed by atoms with Crippen molar-refractivity contribution in [2.75, 3.05) is 6.54 Å². The van der Waals surface area contributed by atoms with Gasteiger partial charge in [0.2, 0.25) is 0 Å². The lowest BCUT2D eigenvalue weighted by molar-refractivity contribution is 0.521. The molecule has 0 fully saturated rings. The van der Waals surface area contributed by atoms with E-state index < -0.39 is 0 Å². The Labute approximate surface area is 105 Å². The third kappa shape index (κ3) is 5.69. The van der Waals surface area contributed by atoms with Crippen molar-refractivity contribution in [1.29, 1.82) is 0 Å². The van der Waals surface area contributed by atoms with Gasteiger partial charge in [-0.2, -0.15) is 0 Å². The molecule has 0 unspecified atom stereocenters. The lowest BCUT2D eigenvalue weighted by Gasteiger charge is -2.05. The molecule has 15 heavy (non-hydrogen) atoms. The van der Waals surface area contributed by atoms with Crippen molar-refractivity contribution in [3.05, 3.63) is 20.8 Å². The van der Waals surface area contributed by atoms with Gasteiger partial charge in [0.05, 0.1) is 0 Å². The minimum absolute atomic E-state index is 0.844. The average molecular weight is 290 g/mol. The molecule has 0 bridgehead atoms. The maximum Gasteiger partial charge on any atom is 0.0327 e. The highest BCUT2D eigenvalue weighted by molar-refractivity contribution is 9.10. The quantitative estimate of drug-likeness (QED) is 0.733. The number of nitrogens with one attached hydrogen (secondary N) is 1. The van der Waals surface area contributed by atoms with Crippen LogP contribution in [0.1, 0.15) is 38.0 Å². The minimum atomic E-state index is 0.844. The van der Waals surface area contributed by atoms with Crippen LogP contribution in [-0.4, -0.2) is 6.54 Å². The molecule has 0 saturated carbocycles. The molecular weight excluding hydrogens is 270 g/mol. The van der Waals surface area contributed by atoms with E-state index in [9.17, 15) is 0 Å². The number of rotatable bonds is 7. The molecule has 1 aromatic heterocycles. The molecule has 1 heterocycles. The lowest BCUT2D eigenvalue weighted by atomic mass is 10.1. The summed E-state index contributed by atoms with van der Waals surface area (Å²) in [5.41, 5.74) is 0. The summed E-state index contributed by atoms with van der Waals surface area (Å²) in [5, 5.41) is 5.61. The van der Waals surface area contributed by atoms with Gasteiger partial charge in [-0.15, -0.1) is 11.3 Å². The van der Waals surface area contributed by atoms with Crippen LogP contribution in [0.15, 0.2) is 15.9 Å². The first-order valence-electron chi connectivity index (χ1n) is 5.62. The number of halogens is 1. The van der Waals surface area contributed by atoms with E-state index in [0.29, 0.717) is 0 Å². The zero-order valence-electron chi connectivity index (χ0n) is 9.55. The monoisotopic (exact) mass is 289 g/mol. The highest BCUT2D eigenvalue weighted by Crippen LogP contribution is 2.22. The summed E-state index contributed by atoms with van der Waals surface area (Å²) in [4.78, 5) is 1.40. The minimum Gasteiger partial charge on any atom is -0.312 e. The second-order valence-corrected chi connectivity index (χ2v) is 6.11. The third-order valence-electron chi connectivity index (χ3n) is 2.36. The van der Waals surface area contributed by atoms with Crippen LogP contribution in [0, 0.1) is 5.92 Å². The van der Waals surface area contributed by atoms with E-state index in [2.05, 4.69) is 46.5 Å². The van der Waals surface area contributed by atoms with Crippen LogP contribution < -0.4 is 5.32 Å². The molecule has 3 heteroatoms. The molecular formula is C12H20BrNS. The van der Waals surface area contributed by atoms with Crippen molar-refractivity contribution in [2.24, 2.45) is 5.92 Å². The second kappa shape index (κ2) is 7.42. The largest absolute Gasteiger partial charge is 0.312 e. The highest BCUT2D eigenvalue weighted by Gasteiger charge is 1.99. The van der Waals surface area contributed by atoms with E-state index in [-0.39, 0.29) is 0 Å². The SMILES string of the molecule is CC(C)CCCCNCc1sccc1Br. The first kappa shape index (κ1) is 13.2. The Morgan fingerprint density at radius 3 is 2.80 bits per heavy atom. The van der Waals surface area contributed by atoms with Crippen molar-refractivity contribution in [3.8, 4) is 0 Å². The van der Waals surface area contributed by atoms with Crippen LogP contribution in [0.5, 0.6) is 0 Å². The molecule has 0 aliphatic heterocycles. The highest BCUT2D eigenvalue weighted by atomic mass is 79.9. The summed E-state index contributed by atoms with van der Waals surface area (Å²) in [6, 6.07) is 2.11. The predicted molar refractivity (Wildman–Crippen MR) is 72.4 cm³/mol. The van der Waals surface area contributed by atoms with Crippen molar-refractivity contribution >= 4 is 27.3 Å². The van der Waals surface area contributed by atoms with E-state index in [0.717, 1.165) is 19.0 Å². The summed E-state index contributed by atoms with van der Waals surface area (Å²) in [7, 11) is 0. The molecule has 0 aliphatic carbocycles. The Bertz CT molecular complexity index is 270. The summed E-state index contributed by atoms with van der Waals surface area (Å²) < 4.78 is 1.24. The maximum atomic E-state index is 3.54. The molecule has 0 aromatic carbocycles. The molecule has 0 amide bonds. The molecule has 0 radical (unpaired) electrons. The fourth-order valence-electron chi connectivity index (χ4n) is 1.46. The molecule has 0 atom stereocenters. The standard InChI is InChI=1S/C12H20BrNS/c1-10(2)5-3-4-7-14-9-12-11(13)6-8-15-12/h6,8,10,14H,3-5,7,9H2,1-2H3. The number of hydrogen-bond acceptors (Lipinski definition) is 2. The van der Waals surface area contributed by atoms with Gasteiger partial charge in [-0.05, 0) is 46.3 Å². The van der Waals surface area contributed by atoms with Crippen molar-refractivity contribution < 1.29 is 0 Å². The van der Waals surface area contributed by atoms with Crippen LogP contribution in [0.25, 0.3) is 0 Å². The summed E-state index contributed by atoms with van der Waals surface area (Å²) in [6.07, 6.45) is 3.99. The molecule has 0 saturated heterocycles. The predicted octanol–water partition coefficient (Wildman–Crippen LogP) is 4.43. The number of thiophene rings is 1. The number of unbranched alkanes of at least 4 members (excludes halogenated alkanes) is 1. The summed E-state index contributed by atoms with van der Waals surface area (Å²) >= 11 is 5.35. The van der Waals surface area contributed by atoms with Gasteiger partial charge in [0.15, 0.2) is 0 Å². The van der Waals surface area contributed by atoms with E-state index in [1.807, 2.05) is 11.3 Å². The van der Waals surface area contributed by atoms with E-state index in [4.69, 9.17) is 0 Å². The van der Waals surface area contributed by atoms with Gasteiger partial charge in [-0.1, -0.05) is 26.7 Å². The molecule has 1 aromatic rings. The Kier molecular flexibility index (Phi) is 6.53.